The first-order chi connectivity index (χ1) is 12.6. The topological polar surface area (TPSA) is 137 Å². The van der Waals surface area contributed by atoms with Crippen molar-refractivity contribution in [2.24, 2.45) is 0 Å². The van der Waals surface area contributed by atoms with Gasteiger partial charge in [0, 0.05) is 30.2 Å². The van der Waals surface area contributed by atoms with Gasteiger partial charge in [0.1, 0.15) is 11.6 Å². The molecule has 0 radical (unpaired) electrons. The molecule has 0 aliphatic heterocycles. The minimum atomic E-state index is -1.11. The number of ether oxygens (including phenoxy) is 2. The zero-order valence-corrected chi connectivity index (χ0v) is 17.0. The maximum Gasteiger partial charge on any atom is 1.00 e. The number of hydrogen-bond acceptors (Lipinski definition) is 8. The molecule has 140 valence electrons. The number of carboxylic acids is 1. The number of rotatable bonds is 6. The molecule has 3 heterocycles. The smallest absolute Gasteiger partial charge is 0.870 e. The van der Waals surface area contributed by atoms with Crippen LogP contribution in [-0.4, -0.2) is 43.1 Å². The molecule has 0 aliphatic carbocycles. The van der Waals surface area contributed by atoms with Gasteiger partial charge in [0.05, 0.1) is 24.6 Å². The molecule has 3 aromatic rings. The number of nitrogens with zero attached hydrogens (tertiary/aromatic N) is 4. The van der Waals surface area contributed by atoms with E-state index >= 15 is 0 Å². The van der Waals surface area contributed by atoms with Crippen molar-refractivity contribution < 1.29 is 58.8 Å². The number of carboxylic acid groups (broad SMARTS) is 1. The van der Waals surface area contributed by atoms with Gasteiger partial charge in [-0.05, 0) is 13.0 Å². The molecule has 0 aromatic carbocycles. The Morgan fingerprint density at radius 2 is 1.82 bits per heavy atom. The zero-order chi connectivity index (χ0) is 18.5. The molecule has 0 saturated heterocycles. The van der Waals surface area contributed by atoms with Crippen LogP contribution in [0.2, 0.25) is 0 Å². The summed E-state index contributed by atoms with van der Waals surface area (Å²) >= 11 is 0. The van der Waals surface area contributed by atoms with Crippen LogP contribution in [0.1, 0.15) is 17.3 Å². The molecule has 3 rings (SSSR count). The Labute approximate surface area is 181 Å². The quantitative estimate of drug-likeness (QED) is 0.561. The van der Waals surface area contributed by atoms with Crippen LogP contribution in [-0.2, 0) is 0 Å². The van der Waals surface area contributed by atoms with Crippen LogP contribution in [0.4, 0.5) is 4.39 Å². The van der Waals surface area contributed by atoms with E-state index in [1.54, 1.807) is 13.0 Å². The molecule has 0 spiro atoms. The first-order valence-corrected chi connectivity index (χ1v) is 7.53. The number of aromatic nitrogens is 4. The minimum Gasteiger partial charge on any atom is -0.870 e. The van der Waals surface area contributed by atoms with E-state index in [-0.39, 0.29) is 58.1 Å². The van der Waals surface area contributed by atoms with Gasteiger partial charge in [-0.15, -0.1) is 0 Å². The molecule has 9 nitrogen and oxygen atoms in total. The van der Waals surface area contributed by atoms with E-state index in [0.717, 1.165) is 6.20 Å². The van der Waals surface area contributed by atoms with Crippen LogP contribution >= 0.6 is 0 Å². The van der Waals surface area contributed by atoms with Crippen LogP contribution in [0.25, 0.3) is 11.4 Å². The van der Waals surface area contributed by atoms with Crippen molar-refractivity contribution in [1.29, 1.82) is 0 Å². The van der Waals surface area contributed by atoms with E-state index < -0.39 is 11.8 Å². The largest absolute Gasteiger partial charge is 1.00 e. The van der Waals surface area contributed by atoms with E-state index in [9.17, 15) is 9.18 Å². The Morgan fingerprint density at radius 3 is 2.46 bits per heavy atom. The second-order valence-electron chi connectivity index (χ2n) is 5.00. The van der Waals surface area contributed by atoms with Gasteiger partial charge in [-0.1, -0.05) is 0 Å². The number of carbonyl (C=O) groups is 1. The number of hydrogen-bond donors (Lipinski definition) is 1. The van der Waals surface area contributed by atoms with Crippen LogP contribution in [0.3, 0.4) is 0 Å². The van der Waals surface area contributed by atoms with Gasteiger partial charge in [-0.3, -0.25) is 4.98 Å². The summed E-state index contributed by atoms with van der Waals surface area (Å²) in [6.07, 6.45) is 6.36. The van der Waals surface area contributed by atoms with E-state index in [4.69, 9.17) is 14.6 Å². The summed E-state index contributed by atoms with van der Waals surface area (Å²) in [5.41, 5.74) is 0.491. The first kappa shape index (κ1) is 23.4. The summed E-state index contributed by atoms with van der Waals surface area (Å²) in [5, 5.41) is 8.89. The van der Waals surface area contributed by atoms with Crippen molar-refractivity contribution in [2.45, 2.75) is 6.92 Å². The number of aromatic carboxylic acids is 1. The molecule has 0 amide bonds. The van der Waals surface area contributed by atoms with Crippen molar-refractivity contribution >= 4 is 5.97 Å². The van der Waals surface area contributed by atoms with E-state index in [2.05, 4.69) is 19.9 Å². The average Bonchev–Trinajstić information content (AvgIpc) is 2.64. The molecule has 2 N–H and O–H groups in total. The van der Waals surface area contributed by atoms with Gasteiger partial charge in [0.15, 0.2) is 11.6 Å². The number of halogens is 1. The van der Waals surface area contributed by atoms with Crippen molar-refractivity contribution in [3.63, 3.8) is 0 Å². The zero-order valence-electron chi connectivity index (χ0n) is 15.0. The summed E-state index contributed by atoms with van der Waals surface area (Å²) in [5.74, 6) is -0.801. The minimum absolute atomic E-state index is 0. The molecule has 3 aromatic heterocycles. The van der Waals surface area contributed by atoms with E-state index in [1.807, 2.05) is 0 Å². The van der Waals surface area contributed by atoms with Crippen molar-refractivity contribution in [1.82, 2.24) is 19.9 Å². The third kappa shape index (κ3) is 5.67. The Kier molecular flexibility index (Phi) is 8.86. The summed E-state index contributed by atoms with van der Waals surface area (Å²) in [6, 6.07) is 2.78. The summed E-state index contributed by atoms with van der Waals surface area (Å²) in [7, 11) is 0. The van der Waals surface area contributed by atoms with Crippen LogP contribution in [0.5, 0.6) is 17.4 Å². The summed E-state index contributed by atoms with van der Waals surface area (Å²) < 4.78 is 24.3. The average molecular weight is 396 g/mol. The molecule has 11 heteroatoms. The second kappa shape index (κ2) is 10.6. The second-order valence-corrected chi connectivity index (χ2v) is 5.00. The standard InChI is InChI=1S/C17H13FN4O4.Na.H2O/c1-2-25-14-4-12(18)8-22-16(14)26-13-3-10(5-19-9-13)15-20-6-11(7-21-15)17(23)24;;/h3-9H,2H2,1H3,(H,23,24);;1H2/q;+1;/p-1. The predicted molar refractivity (Wildman–Crippen MR) is 89.6 cm³/mol. The normalized spacial score (nSPS) is 9.64. The Bertz CT molecular complexity index is 943. The third-order valence-corrected chi connectivity index (χ3v) is 3.17. The molecule has 0 unspecified atom stereocenters. The number of pyridine rings is 2. The van der Waals surface area contributed by atoms with Gasteiger partial charge >= 0.3 is 35.5 Å². The third-order valence-electron chi connectivity index (χ3n) is 3.17. The maximum atomic E-state index is 13.3. The maximum absolute atomic E-state index is 13.3. The molecule has 0 bridgehead atoms. The SMILES string of the molecule is CCOc1cc(F)cnc1Oc1cncc(-c2ncc(C(=O)O)cn2)c1.[Na+].[OH-]. The predicted octanol–water partition coefficient (Wildman–Crippen LogP) is -0.211. The molecule has 0 saturated carbocycles. The van der Waals surface area contributed by atoms with Crippen molar-refractivity contribution in [3.05, 3.63) is 54.5 Å². The fraction of sp³-hybridized carbons (Fsp3) is 0.118. The first-order valence-electron chi connectivity index (χ1n) is 7.53. The van der Waals surface area contributed by atoms with Gasteiger partial charge in [-0.25, -0.2) is 24.1 Å². The van der Waals surface area contributed by atoms with Crippen molar-refractivity contribution in [2.75, 3.05) is 6.61 Å². The monoisotopic (exact) mass is 396 g/mol. The van der Waals surface area contributed by atoms with Crippen LogP contribution in [0.15, 0.2) is 43.1 Å². The van der Waals surface area contributed by atoms with Crippen LogP contribution < -0.4 is 39.0 Å². The molecule has 0 aliphatic rings. The fourth-order valence-electron chi connectivity index (χ4n) is 2.04. The molecule has 28 heavy (non-hydrogen) atoms. The van der Waals surface area contributed by atoms with Gasteiger partial charge in [0.2, 0.25) is 0 Å². The Morgan fingerprint density at radius 1 is 1.11 bits per heavy atom. The van der Waals surface area contributed by atoms with Gasteiger partial charge in [-0.2, -0.15) is 0 Å². The molecular formula is C17H14FN4NaO5. The molecule has 0 atom stereocenters. The van der Waals surface area contributed by atoms with Crippen molar-refractivity contribution in [3.8, 4) is 28.8 Å². The fourth-order valence-corrected chi connectivity index (χ4v) is 2.04. The van der Waals surface area contributed by atoms with Gasteiger partial charge < -0.3 is 20.1 Å². The van der Waals surface area contributed by atoms with Gasteiger partial charge in [0.25, 0.3) is 5.88 Å². The molecule has 0 fully saturated rings. The molecular weight excluding hydrogens is 382 g/mol. The van der Waals surface area contributed by atoms with E-state index in [0.29, 0.717) is 17.9 Å². The van der Waals surface area contributed by atoms with Crippen LogP contribution in [0, 0.1) is 5.82 Å². The Hall–Kier alpha value is -2.66. The Balaban J connectivity index is 0.00000196. The van der Waals surface area contributed by atoms with E-state index in [1.165, 1.54) is 30.9 Å². The summed E-state index contributed by atoms with van der Waals surface area (Å²) in [6.45, 7) is 2.08. The summed E-state index contributed by atoms with van der Waals surface area (Å²) in [4.78, 5) is 26.8.